The second-order valence-electron chi connectivity index (χ2n) is 10.0. The molecule has 11 heteroatoms. The summed E-state index contributed by atoms with van der Waals surface area (Å²) in [6.07, 6.45) is 0.798. The van der Waals surface area contributed by atoms with Crippen molar-refractivity contribution in [3.8, 4) is 34.3 Å². The van der Waals surface area contributed by atoms with Crippen molar-refractivity contribution in [3.63, 3.8) is 0 Å². The van der Waals surface area contributed by atoms with E-state index in [-0.39, 0.29) is 24.9 Å². The zero-order chi connectivity index (χ0) is 30.8. The number of hydrogen-bond donors (Lipinski definition) is 0. The van der Waals surface area contributed by atoms with Crippen LogP contribution >= 0.6 is 11.3 Å². The van der Waals surface area contributed by atoms with E-state index in [4.69, 9.17) is 14.0 Å². The number of thiophene rings is 1. The van der Waals surface area contributed by atoms with Crippen LogP contribution in [0.2, 0.25) is 0 Å². The number of methoxy groups -OCH3 is 2. The number of benzene rings is 3. The first-order valence-corrected chi connectivity index (χ1v) is 14.7. The number of nitrogens with zero attached hydrogens (tertiary/aromatic N) is 4. The van der Waals surface area contributed by atoms with Crippen molar-refractivity contribution in [1.29, 1.82) is 0 Å². The number of aromatic nitrogens is 4. The average molecular weight is 609 g/mol. The fraction of sp³-hybridized carbons (Fsp3) is 0.182. The van der Waals surface area contributed by atoms with Crippen molar-refractivity contribution in [1.82, 2.24) is 19.3 Å². The fourth-order valence-corrected chi connectivity index (χ4v) is 6.10. The van der Waals surface area contributed by atoms with Gasteiger partial charge in [-0.05, 0) is 53.4 Å². The Labute approximate surface area is 255 Å². The molecule has 3 heterocycles. The Balaban J connectivity index is 1.35. The predicted molar refractivity (Wildman–Crippen MR) is 168 cm³/mol. The van der Waals surface area contributed by atoms with Crippen LogP contribution in [0.25, 0.3) is 32.7 Å². The van der Waals surface area contributed by atoms with Gasteiger partial charge >= 0.3 is 11.8 Å². The summed E-state index contributed by atoms with van der Waals surface area (Å²) in [5.41, 5.74) is 2.85. The predicted octanol–water partition coefficient (Wildman–Crippen LogP) is 5.45. The van der Waals surface area contributed by atoms with E-state index < -0.39 is 11.2 Å². The lowest BCUT2D eigenvalue weighted by molar-refractivity contribution is 0.0969. The van der Waals surface area contributed by atoms with E-state index in [0.29, 0.717) is 27.4 Å². The lowest BCUT2D eigenvalue weighted by Gasteiger charge is -2.13. The molecule has 0 aliphatic rings. The minimum Gasteiger partial charge on any atom is -0.497 e. The summed E-state index contributed by atoms with van der Waals surface area (Å²) >= 11 is 1.42. The van der Waals surface area contributed by atoms with Gasteiger partial charge in [0, 0.05) is 16.0 Å². The molecule has 0 aliphatic carbocycles. The largest absolute Gasteiger partial charge is 0.497 e. The van der Waals surface area contributed by atoms with Crippen molar-refractivity contribution in [2.75, 3.05) is 14.2 Å². The van der Waals surface area contributed by atoms with Gasteiger partial charge in [-0.3, -0.25) is 23.2 Å². The molecular weight excluding hydrogens is 580 g/mol. The summed E-state index contributed by atoms with van der Waals surface area (Å²) in [6, 6.07) is 23.9. The molecule has 0 saturated carbocycles. The van der Waals surface area contributed by atoms with Crippen LogP contribution in [0.5, 0.6) is 11.8 Å². The van der Waals surface area contributed by atoms with Gasteiger partial charge < -0.3 is 9.47 Å². The highest BCUT2D eigenvalue weighted by molar-refractivity contribution is 7.18. The third-order valence-electron chi connectivity index (χ3n) is 7.36. The number of carbonyl (C=O) groups excluding carboxylic acids is 1. The molecule has 0 unspecified atom stereocenters. The molecule has 0 aliphatic heterocycles. The summed E-state index contributed by atoms with van der Waals surface area (Å²) in [4.78, 5) is 46.3. The number of rotatable bonds is 10. The standard InChI is InChI=1S/C33H28N4O6S/c1-4-24-17-27-30(39)36(19-28(38)22-13-15-23(41-2)16-14-22)33(40)37(31(27)44-24)18-20-9-11-21(12-10-20)25-7-5-6-8-26(25)29-34-32(42-3)43-35-29/h5-17H,4,18-19H2,1-3H3. The van der Waals surface area contributed by atoms with Crippen LogP contribution in [0.4, 0.5) is 0 Å². The lowest BCUT2D eigenvalue weighted by atomic mass is 9.98. The number of aryl methyl sites for hydroxylation is 1. The monoisotopic (exact) mass is 608 g/mol. The van der Waals surface area contributed by atoms with Gasteiger partial charge in [-0.15, -0.1) is 11.3 Å². The van der Waals surface area contributed by atoms with Crippen LogP contribution in [0.1, 0.15) is 27.7 Å². The lowest BCUT2D eigenvalue weighted by Crippen LogP contribution is -2.41. The van der Waals surface area contributed by atoms with Crippen molar-refractivity contribution in [3.05, 3.63) is 116 Å². The van der Waals surface area contributed by atoms with Gasteiger partial charge in [0.2, 0.25) is 5.82 Å². The number of carbonyl (C=O) groups is 1. The molecule has 0 bridgehead atoms. The van der Waals surface area contributed by atoms with Crippen molar-refractivity contribution in [2.24, 2.45) is 0 Å². The second-order valence-corrected chi connectivity index (χ2v) is 11.1. The molecule has 0 atom stereocenters. The van der Waals surface area contributed by atoms with E-state index in [1.54, 1.807) is 35.9 Å². The molecule has 44 heavy (non-hydrogen) atoms. The molecule has 0 N–H and O–H groups in total. The number of fused-ring (bicyclic) bond motifs is 1. The molecule has 0 spiro atoms. The summed E-state index contributed by atoms with van der Waals surface area (Å²) in [5, 5.41) is 4.45. The third-order valence-corrected chi connectivity index (χ3v) is 8.67. The van der Waals surface area contributed by atoms with Gasteiger partial charge in [-0.25, -0.2) is 4.79 Å². The van der Waals surface area contributed by atoms with E-state index >= 15 is 0 Å². The Morgan fingerprint density at radius 2 is 1.64 bits per heavy atom. The number of ether oxygens (including phenoxy) is 2. The van der Waals surface area contributed by atoms with E-state index in [1.165, 1.54) is 18.4 Å². The zero-order valence-corrected chi connectivity index (χ0v) is 25.1. The summed E-state index contributed by atoms with van der Waals surface area (Å²) in [6.45, 7) is 1.86. The van der Waals surface area contributed by atoms with E-state index in [9.17, 15) is 14.4 Å². The van der Waals surface area contributed by atoms with Crippen LogP contribution < -0.4 is 20.7 Å². The Morgan fingerprint density at radius 1 is 0.909 bits per heavy atom. The molecule has 0 radical (unpaired) electrons. The Kier molecular flexibility index (Phi) is 7.95. The highest BCUT2D eigenvalue weighted by atomic mass is 32.1. The molecule has 0 saturated heterocycles. The minimum atomic E-state index is -0.533. The van der Waals surface area contributed by atoms with Gasteiger partial charge in [0.25, 0.3) is 5.56 Å². The van der Waals surface area contributed by atoms with E-state index in [1.807, 2.05) is 61.5 Å². The molecule has 6 rings (SSSR count). The van der Waals surface area contributed by atoms with E-state index in [0.717, 1.165) is 38.1 Å². The first-order chi connectivity index (χ1) is 21.4. The molecule has 3 aromatic heterocycles. The number of hydrogen-bond acceptors (Lipinski definition) is 9. The normalized spacial score (nSPS) is 11.2. The average Bonchev–Trinajstić information content (AvgIpc) is 3.73. The van der Waals surface area contributed by atoms with Crippen LogP contribution in [-0.4, -0.2) is 39.3 Å². The van der Waals surface area contributed by atoms with E-state index in [2.05, 4.69) is 10.1 Å². The van der Waals surface area contributed by atoms with Gasteiger partial charge in [0.1, 0.15) is 10.6 Å². The highest BCUT2D eigenvalue weighted by Crippen LogP contribution is 2.31. The second kappa shape index (κ2) is 12.1. The smallest absolute Gasteiger partial charge is 0.417 e. The molecule has 0 amide bonds. The minimum absolute atomic E-state index is 0.0775. The van der Waals surface area contributed by atoms with Crippen molar-refractivity contribution in [2.45, 2.75) is 26.4 Å². The summed E-state index contributed by atoms with van der Waals surface area (Å²) in [5.74, 6) is 0.676. The van der Waals surface area contributed by atoms with Crippen LogP contribution in [-0.2, 0) is 19.5 Å². The Morgan fingerprint density at radius 3 is 2.30 bits per heavy atom. The molecule has 0 fully saturated rings. The Hall–Kier alpha value is -5.29. The Bertz CT molecular complexity index is 2090. The quantitative estimate of drug-likeness (QED) is 0.188. The van der Waals surface area contributed by atoms with Gasteiger partial charge in [-0.2, -0.15) is 4.98 Å². The number of ketones is 1. The van der Waals surface area contributed by atoms with Crippen molar-refractivity contribution < 1.29 is 18.8 Å². The van der Waals surface area contributed by atoms with Crippen LogP contribution in [0.3, 0.4) is 0 Å². The first kappa shape index (κ1) is 28.8. The van der Waals surface area contributed by atoms with Crippen molar-refractivity contribution >= 4 is 27.3 Å². The van der Waals surface area contributed by atoms with Crippen LogP contribution in [0, 0.1) is 0 Å². The molecule has 6 aromatic rings. The maximum atomic E-state index is 13.8. The summed E-state index contributed by atoms with van der Waals surface area (Å²) < 4.78 is 17.9. The molecule has 222 valence electrons. The van der Waals surface area contributed by atoms with Gasteiger partial charge in [0.05, 0.1) is 32.7 Å². The third kappa shape index (κ3) is 5.45. The summed E-state index contributed by atoms with van der Waals surface area (Å²) in [7, 11) is 3.00. The van der Waals surface area contributed by atoms with Gasteiger partial charge in [0.15, 0.2) is 5.78 Å². The van der Waals surface area contributed by atoms with Crippen LogP contribution in [0.15, 0.2) is 93.0 Å². The molecule has 10 nitrogen and oxygen atoms in total. The van der Waals surface area contributed by atoms with Gasteiger partial charge in [-0.1, -0.05) is 60.6 Å². The zero-order valence-electron chi connectivity index (χ0n) is 24.3. The topological polar surface area (TPSA) is 118 Å². The fourth-order valence-electron chi connectivity index (χ4n) is 5.02. The molecular formula is C33H28N4O6S. The first-order valence-electron chi connectivity index (χ1n) is 13.9. The molecule has 3 aromatic carbocycles. The maximum absolute atomic E-state index is 13.8. The number of Topliss-reactive ketones (excluding diaryl/α,β-unsaturated/α-hetero) is 1. The highest BCUT2D eigenvalue weighted by Gasteiger charge is 2.20. The SMILES string of the molecule is CCc1cc2c(=O)n(CC(=O)c3ccc(OC)cc3)c(=O)n(Cc3ccc(-c4ccccc4-c4noc(OC)n4)cc3)c2s1. The maximum Gasteiger partial charge on any atom is 0.417 e.